The fourth-order valence-electron chi connectivity index (χ4n) is 1.23. The first-order valence-corrected chi connectivity index (χ1v) is 5.36. The normalized spacial score (nSPS) is 10.1. The minimum atomic E-state index is -0.650. The lowest BCUT2D eigenvalue weighted by Gasteiger charge is -2.03. The number of non-ortho nitro benzene ring substituents is 1. The molecule has 8 heteroatoms. The molecular formula is C8H8IN3O4. The molecule has 7 nitrogen and oxygen atoms in total. The number of halogens is 1. The highest BCUT2D eigenvalue weighted by molar-refractivity contribution is 14.1. The van der Waals surface area contributed by atoms with Crippen LogP contribution >= 0.6 is 22.6 Å². The monoisotopic (exact) mass is 337 g/mol. The zero-order valence-electron chi connectivity index (χ0n) is 8.05. The van der Waals surface area contributed by atoms with Gasteiger partial charge in [0.1, 0.15) is 0 Å². The van der Waals surface area contributed by atoms with Gasteiger partial charge in [-0.05, 0) is 41.1 Å². The molecule has 16 heavy (non-hydrogen) atoms. The third-order valence-electron chi connectivity index (χ3n) is 1.93. The molecular weight excluding hydrogens is 329 g/mol. The second-order valence-corrected chi connectivity index (χ2v) is 4.07. The molecule has 0 spiro atoms. The van der Waals surface area contributed by atoms with Gasteiger partial charge >= 0.3 is 0 Å². The lowest BCUT2D eigenvalue weighted by molar-refractivity contribution is -0.394. The van der Waals surface area contributed by atoms with Gasteiger partial charge < -0.3 is 5.73 Å². The summed E-state index contributed by atoms with van der Waals surface area (Å²) in [5.41, 5.74) is 5.34. The number of rotatable bonds is 4. The molecule has 0 saturated carbocycles. The van der Waals surface area contributed by atoms with E-state index in [4.69, 9.17) is 5.73 Å². The Hall–Kier alpha value is -1.29. The summed E-state index contributed by atoms with van der Waals surface area (Å²) in [6, 6.07) is 2.28. The highest BCUT2D eigenvalue weighted by atomic mass is 127. The van der Waals surface area contributed by atoms with Crippen LogP contribution in [-0.2, 0) is 6.42 Å². The van der Waals surface area contributed by atoms with E-state index in [2.05, 4.69) is 0 Å². The van der Waals surface area contributed by atoms with E-state index in [0.29, 0.717) is 15.6 Å². The first-order valence-electron chi connectivity index (χ1n) is 4.28. The van der Waals surface area contributed by atoms with E-state index in [1.165, 1.54) is 6.07 Å². The molecule has 0 heterocycles. The van der Waals surface area contributed by atoms with Gasteiger partial charge in [0.15, 0.2) is 0 Å². The molecule has 1 aromatic carbocycles. The van der Waals surface area contributed by atoms with E-state index >= 15 is 0 Å². The Bertz CT molecular complexity index is 449. The summed E-state index contributed by atoms with van der Waals surface area (Å²) in [4.78, 5) is 20.0. The maximum absolute atomic E-state index is 10.7. The molecule has 0 radical (unpaired) electrons. The summed E-state index contributed by atoms with van der Waals surface area (Å²) in [5, 5.41) is 21.3. The van der Waals surface area contributed by atoms with Crippen molar-refractivity contribution in [2.75, 3.05) is 6.54 Å². The molecule has 1 rings (SSSR count). The molecule has 0 aliphatic carbocycles. The Labute approximate surface area is 104 Å². The average Bonchev–Trinajstić information content (AvgIpc) is 2.20. The highest BCUT2D eigenvalue weighted by Gasteiger charge is 2.21. The van der Waals surface area contributed by atoms with E-state index in [-0.39, 0.29) is 17.9 Å². The Kier molecular flexibility index (Phi) is 4.12. The van der Waals surface area contributed by atoms with Crippen molar-refractivity contribution in [2.45, 2.75) is 6.42 Å². The van der Waals surface area contributed by atoms with E-state index in [9.17, 15) is 20.2 Å². The number of benzene rings is 1. The quantitative estimate of drug-likeness (QED) is 0.509. The van der Waals surface area contributed by atoms with Crippen molar-refractivity contribution in [2.24, 2.45) is 5.73 Å². The average molecular weight is 337 g/mol. The number of nitrogens with two attached hydrogens (primary N) is 1. The first-order chi connectivity index (χ1) is 7.47. The van der Waals surface area contributed by atoms with Gasteiger partial charge in [0, 0.05) is 6.07 Å². The van der Waals surface area contributed by atoms with Crippen molar-refractivity contribution in [1.82, 2.24) is 0 Å². The number of hydrogen-bond acceptors (Lipinski definition) is 5. The zero-order valence-corrected chi connectivity index (χ0v) is 10.2. The van der Waals surface area contributed by atoms with Gasteiger partial charge in [0.05, 0.1) is 19.5 Å². The van der Waals surface area contributed by atoms with Crippen molar-refractivity contribution in [3.8, 4) is 0 Å². The van der Waals surface area contributed by atoms with E-state index in [1.807, 2.05) is 0 Å². The van der Waals surface area contributed by atoms with Gasteiger partial charge in [-0.15, -0.1) is 0 Å². The molecule has 0 atom stereocenters. The molecule has 0 aliphatic heterocycles. The molecule has 2 N–H and O–H groups in total. The standard InChI is InChI=1S/C8H8IN3O4/c9-8-5(1-2-10)3-6(11(13)14)4-7(8)12(15)16/h3-4H,1-2,10H2. The number of nitro benzene ring substituents is 2. The number of nitrogens with zero attached hydrogens (tertiary/aromatic N) is 2. The van der Waals surface area contributed by atoms with Gasteiger partial charge in [0.25, 0.3) is 11.4 Å². The summed E-state index contributed by atoms with van der Waals surface area (Å²) < 4.78 is 0.402. The Morgan fingerprint density at radius 1 is 1.25 bits per heavy atom. The molecule has 0 amide bonds. The van der Waals surface area contributed by atoms with Crippen LogP contribution in [-0.4, -0.2) is 16.4 Å². The largest absolute Gasteiger partial charge is 0.330 e. The second kappa shape index (κ2) is 5.16. The summed E-state index contributed by atoms with van der Waals surface area (Å²) in [7, 11) is 0. The predicted octanol–water partition coefficient (Wildman–Crippen LogP) is 1.61. The van der Waals surface area contributed by atoms with Gasteiger partial charge in [-0.1, -0.05) is 0 Å². The van der Waals surface area contributed by atoms with Crippen molar-refractivity contribution in [1.29, 1.82) is 0 Å². The Morgan fingerprint density at radius 3 is 2.31 bits per heavy atom. The van der Waals surface area contributed by atoms with Crippen LogP contribution in [0.2, 0.25) is 0 Å². The van der Waals surface area contributed by atoms with E-state index < -0.39 is 9.85 Å². The first kappa shape index (κ1) is 12.8. The second-order valence-electron chi connectivity index (χ2n) is 2.99. The maximum atomic E-state index is 10.7. The third kappa shape index (κ3) is 2.64. The van der Waals surface area contributed by atoms with Crippen LogP contribution in [0.15, 0.2) is 12.1 Å². The zero-order chi connectivity index (χ0) is 12.3. The van der Waals surface area contributed by atoms with Crippen LogP contribution in [0, 0.1) is 23.8 Å². The molecule has 86 valence electrons. The fourth-order valence-corrected chi connectivity index (χ4v) is 2.01. The summed E-state index contributed by atoms with van der Waals surface area (Å²) in [6.45, 7) is 0.286. The highest BCUT2D eigenvalue weighted by Crippen LogP contribution is 2.29. The molecule has 1 aromatic rings. The molecule has 0 unspecified atom stereocenters. The van der Waals surface area contributed by atoms with Gasteiger partial charge in [0.2, 0.25) is 0 Å². The van der Waals surface area contributed by atoms with Crippen molar-refractivity contribution in [3.63, 3.8) is 0 Å². The fraction of sp³-hybridized carbons (Fsp3) is 0.250. The van der Waals surface area contributed by atoms with E-state index in [1.54, 1.807) is 22.6 Å². The Morgan fingerprint density at radius 2 is 1.88 bits per heavy atom. The topological polar surface area (TPSA) is 112 Å². The van der Waals surface area contributed by atoms with Crippen LogP contribution in [0.1, 0.15) is 5.56 Å². The molecule has 0 aliphatic rings. The summed E-state index contributed by atoms with van der Waals surface area (Å²) in [6.07, 6.45) is 0.376. The van der Waals surface area contributed by atoms with Crippen LogP contribution in [0.25, 0.3) is 0 Å². The molecule has 0 aromatic heterocycles. The van der Waals surface area contributed by atoms with Crippen molar-refractivity contribution < 1.29 is 9.85 Å². The van der Waals surface area contributed by atoms with Crippen LogP contribution in [0.4, 0.5) is 11.4 Å². The van der Waals surface area contributed by atoms with Crippen LogP contribution in [0.3, 0.4) is 0 Å². The van der Waals surface area contributed by atoms with E-state index in [0.717, 1.165) is 6.07 Å². The minimum absolute atomic E-state index is 0.252. The predicted molar refractivity (Wildman–Crippen MR) is 65.2 cm³/mol. The van der Waals surface area contributed by atoms with Crippen molar-refractivity contribution >= 4 is 34.0 Å². The summed E-state index contributed by atoms with van der Waals surface area (Å²) in [5.74, 6) is 0. The minimum Gasteiger partial charge on any atom is -0.330 e. The summed E-state index contributed by atoms with van der Waals surface area (Å²) >= 11 is 1.80. The smallest absolute Gasteiger partial charge is 0.289 e. The molecule has 0 fully saturated rings. The molecule has 0 saturated heterocycles. The number of hydrogen-bond donors (Lipinski definition) is 1. The van der Waals surface area contributed by atoms with Crippen LogP contribution < -0.4 is 5.73 Å². The van der Waals surface area contributed by atoms with Crippen LogP contribution in [0.5, 0.6) is 0 Å². The SMILES string of the molecule is NCCc1cc([N+](=O)[O-])cc([N+](=O)[O-])c1I. The third-order valence-corrected chi connectivity index (χ3v) is 3.18. The Balaban J connectivity index is 3.38. The molecule has 0 bridgehead atoms. The van der Waals surface area contributed by atoms with Crippen molar-refractivity contribution in [3.05, 3.63) is 41.5 Å². The maximum Gasteiger partial charge on any atom is 0.289 e. The van der Waals surface area contributed by atoms with Gasteiger partial charge in [-0.25, -0.2) is 0 Å². The van der Waals surface area contributed by atoms with Gasteiger partial charge in [-0.2, -0.15) is 0 Å². The lowest BCUT2D eigenvalue weighted by atomic mass is 10.1. The van der Waals surface area contributed by atoms with Gasteiger partial charge in [-0.3, -0.25) is 20.2 Å². The lowest BCUT2D eigenvalue weighted by Crippen LogP contribution is -2.06. The number of nitro groups is 2.